The van der Waals surface area contributed by atoms with Crippen molar-refractivity contribution >= 4 is 15.9 Å². The average Bonchev–Trinajstić information content (AvgIpc) is 2.37. The molecule has 0 bridgehead atoms. The van der Waals surface area contributed by atoms with E-state index in [9.17, 15) is 13.2 Å². The van der Waals surface area contributed by atoms with E-state index >= 15 is 0 Å². The minimum absolute atomic E-state index is 0.153. The van der Waals surface area contributed by atoms with Gasteiger partial charge in [-0.3, -0.25) is 4.79 Å². The van der Waals surface area contributed by atoms with Crippen molar-refractivity contribution in [3.8, 4) is 0 Å². The molecular formula is C12H19N3O3S. The first-order valence-corrected chi connectivity index (χ1v) is 7.45. The number of benzene rings is 1. The van der Waals surface area contributed by atoms with Crippen molar-refractivity contribution in [3.05, 3.63) is 29.3 Å². The highest BCUT2D eigenvalue weighted by atomic mass is 32.2. The summed E-state index contributed by atoms with van der Waals surface area (Å²) in [5.41, 5.74) is 6.83. The molecule has 19 heavy (non-hydrogen) atoms. The van der Waals surface area contributed by atoms with Crippen LogP contribution in [-0.4, -0.2) is 27.4 Å². The molecule has 0 atom stereocenters. The van der Waals surface area contributed by atoms with Crippen molar-refractivity contribution in [3.63, 3.8) is 0 Å². The molecule has 6 nitrogen and oxygen atoms in total. The Labute approximate surface area is 113 Å². The molecule has 0 aromatic heterocycles. The summed E-state index contributed by atoms with van der Waals surface area (Å²) in [6, 6.07) is 5.00. The predicted octanol–water partition coefficient (Wildman–Crippen LogP) is -0.132. The molecule has 0 saturated carbocycles. The number of nitrogens with two attached hydrogens (primary N) is 1. The summed E-state index contributed by atoms with van der Waals surface area (Å²) < 4.78 is 26.5. The summed E-state index contributed by atoms with van der Waals surface area (Å²) in [6.45, 7) is 3.91. The van der Waals surface area contributed by atoms with E-state index in [1.807, 2.05) is 0 Å². The molecule has 0 aliphatic heterocycles. The predicted molar refractivity (Wildman–Crippen MR) is 72.9 cm³/mol. The topological polar surface area (TPSA) is 101 Å². The first-order valence-electron chi connectivity index (χ1n) is 5.96. The van der Waals surface area contributed by atoms with Gasteiger partial charge >= 0.3 is 0 Å². The number of hydrogen-bond acceptors (Lipinski definition) is 4. The fourth-order valence-corrected chi connectivity index (χ4v) is 2.83. The highest BCUT2D eigenvalue weighted by Gasteiger charge is 2.18. The molecule has 1 aromatic carbocycles. The first-order chi connectivity index (χ1) is 8.90. The number of hydrogen-bond donors (Lipinski definition) is 3. The van der Waals surface area contributed by atoms with Crippen molar-refractivity contribution in [1.82, 2.24) is 10.0 Å². The van der Waals surface area contributed by atoms with Gasteiger partial charge in [-0.1, -0.05) is 12.1 Å². The van der Waals surface area contributed by atoms with Gasteiger partial charge in [-0.2, -0.15) is 0 Å². The average molecular weight is 285 g/mol. The Hall–Kier alpha value is -1.44. The van der Waals surface area contributed by atoms with E-state index in [-0.39, 0.29) is 23.9 Å². The fourth-order valence-electron chi connectivity index (χ4n) is 1.56. The van der Waals surface area contributed by atoms with E-state index in [4.69, 9.17) is 5.73 Å². The monoisotopic (exact) mass is 285 g/mol. The summed E-state index contributed by atoms with van der Waals surface area (Å²) in [7, 11) is -3.70. The van der Waals surface area contributed by atoms with Gasteiger partial charge < -0.3 is 11.1 Å². The van der Waals surface area contributed by atoms with E-state index in [2.05, 4.69) is 10.0 Å². The van der Waals surface area contributed by atoms with Crippen molar-refractivity contribution in [1.29, 1.82) is 0 Å². The van der Waals surface area contributed by atoms with Crippen molar-refractivity contribution < 1.29 is 13.2 Å². The van der Waals surface area contributed by atoms with Crippen LogP contribution in [0.25, 0.3) is 0 Å². The van der Waals surface area contributed by atoms with E-state index in [0.717, 1.165) is 5.56 Å². The van der Waals surface area contributed by atoms with E-state index in [1.54, 1.807) is 26.0 Å². The summed E-state index contributed by atoms with van der Waals surface area (Å²) in [4.78, 5) is 11.4. The number of carbonyl (C=O) groups is 1. The third-order valence-corrected chi connectivity index (χ3v) is 4.12. The molecule has 0 radical (unpaired) electrons. The standard InChI is InChI=1S/C12H19N3O3S/c1-3-14-12(16)8-15-19(17,18)11-6-10(7-13)5-4-9(11)2/h4-6,15H,3,7-8,13H2,1-2H3,(H,14,16). The second kappa shape index (κ2) is 6.65. The highest BCUT2D eigenvalue weighted by Crippen LogP contribution is 2.16. The maximum Gasteiger partial charge on any atom is 0.241 e. The lowest BCUT2D eigenvalue weighted by Gasteiger charge is -2.10. The number of carbonyl (C=O) groups excluding carboxylic acids is 1. The molecule has 1 amide bonds. The van der Waals surface area contributed by atoms with Gasteiger partial charge in [-0.05, 0) is 31.0 Å². The Morgan fingerprint density at radius 2 is 2.05 bits per heavy atom. The zero-order chi connectivity index (χ0) is 14.5. The Kier molecular flexibility index (Phi) is 5.46. The normalized spacial score (nSPS) is 11.3. The summed E-state index contributed by atoms with van der Waals surface area (Å²) in [6.07, 6.45) is 0. The lowest BCUT2D eigenvalue weighted by Crippen LogP contribution is -2.37. The SMILES string of the molecule is CCNC(=O)CNS(=O)(=O)c1cc(CN)ccc1C. The second-order valence-corrected chi connectivity index (χ2v) is 5.82. The van der Waals surface area contributed by atoms with Gasteiger partial charge in [0.25, 0.3) is 0 Å². The molecule has 0 fully saturated rings. The zero-order valence-corrected chi connectivity index (χ0v) is 11.9. The molecule has 0 saturated heterocycles. The Bertz CT molecular complexity index is 555. The molecule has 106 valence electrons. The number of aryl methyl sites for hydroxylation is 1. The molecule has 0 heterocycles. The van der Waals surface area contributed by atoms with Crippen LogP contribution in [0.15, 0.2) is 23.1 Å². The first kappa shape index (κ1) is 15.6. The van der Waals surface area contributed by atoms with Crippen LogP contribution in [0, 0.1) is 6.92 Å². The van der Waals surface area contributed by atoms with Crippen molar-refractivity contribution in [2.45, 2.75) is 25.3 Å². The van der Waals surface area contributed by atoms with Gasteiger partial charge in [-0.25, -0.2) is 13.1 Å². The van der Waals surface area contributed by atoms with Gasteiger partial charge in [0, 0.05) is 13.1 Å². The lowest BCUT2D eigenvalue weighted by molar-refractivity contribution is -0.119. The summed E-state index contributed by atoms with van der Waals surface area (Å²) >= 11 is 0. The fraction of sp³-hybridized carbons (Fsp3) is 0.417. The maximum atomic E-state index is 12.1. The Morgan fingerprint density at radius 3 is 2.63 bits per heavy atom. The van der Waals surface area contributed by atoms with Crippen LogP contribution >= 0.6 is 0 Å². The highest BCUT2D eigenvalue weighted by molar-refractivity contribution is 7.89. The smallest absolute Gasteiger partial charge is 0.241 e. The maximum absolute atomic E-state index is 12.1. The minimum Gasteiger partial charge on any atom is -0.355 e. The molecule has 7 heteroatoms. The summed E-state index contributed by atoms with van der Waals surface area (Å²) in [5.74, 6) is -0.362. The molecule has 0 aliphatic carbocycles. The molecule has 0 aliphatic rings. The van der Waals surface area contributed by atoms with Gasteiger partial charge in [0.15, 0.2) is 0 Å². The quantitative estimate of drug-likeness (QED) is 0.677. The molecule has 0 spiro atoms. The van der Waals surface area contributed by atoms with Crippen LogP contribution in [0.5, 0.6) is 0 Å². The van der Waals surface area contributed by atoms with Crippen LogP contribution < -0.4 is 15.8 Å². The number of amides is 1. The third-order valence-electron chi connectivity index (χ3n) is 2.57. The molecule has 4 N–H and O–H groups in total. The second-order valence-electron chi connectivity index (χ2n) is 4.08. The van der Waals surface area contributed by atoms with E-state index < -0.39 is 10.0 Å². The van der Waals surface area contributed by atoms with Crippen molar-refractivity contribution in [2.75, 3.05) is 13.1 Å². The van der Waals surface area contributed by atoms with Crippen molar-refractivity contribution in [2.24, 2.45) is 5.73 Å². The van der Waals surface area contributed by atoms with Crippen LogP contribution in [0.1, 0.15) is 18.1 Å². The summed E-state index contributed by atoms with van der Waals surface area (Å²) in [5, 5.41) is 2.52. The number of likely N-dealkylation sites (N-methyl/N-ethyl adjacent to an activating group) is 1. The van der Waals surface area contributed by atoms with Gasteiger partial charge in [-0.15, -0.1) is 0 Å². The van der Waals surface area contributed by atoms with Gasteiger partial charge in [0.2, 0.25) is 15.9 Å². The van der Waals surface area contributed by atoms with Crippen LogP contribution in [-0.2, 0) is 21.4 Å². The third kappa shape index (κ3) is 4.30. The number of rotatable bonds is 6. The van der Waals surface area contributed by atoms with Crippen LogP contribution in [0.2, 0.25) is 0 Å². The number of sulfonamides is 1. The molecule has 0 unspecified atom stereocenters. The number of nitrogens with one attached hydrogen (secondary N) is 2. The Balaban J connectivity index is 2.91. The minimum atomic E-state index is -3.70. The van der Waals surface area contributed by atoms with Crippen LogP contribution in [0.4, 0.5) is 0 Å². The molecule has 1 aromatic rings. The molecule has 1 rings (SSSR count). The molecular weight excluding hydrogens is 266 g/mol. The van der Waals surface area contributed by atoms with Gasteiger partial charge in [0.1, 0.15) is 0 Å². The van der Waals surface area contributed by atoms with Crippen LogP contribution in [0.3, 0.4) is 0 Å². The zero-order valence-electron chi connectivity index (χ0n) is 11.1. The van der Waals surface area contributed by atoms with E-state index in [1.165, 1.54) is 6.07 Å². The largest absolute Gasteiger partial charge is 0.355 e. The Morgan fingerprint density at radius 1 is 1.37 bits per heavy atom. The van der Waals surface area contributed by atoms with Gasteiger partial charge in [0.05, 0.1) is 11.4 Å². The lowest BCUT2D eigenvalue weighted by atomic mass is 10.1. The van der Waals surface area contributed by atoms with E-state index in [0.29, 0.717) is 12.1 Å².